The van der Waals surface area contributed by atoms with Crippen LogP contribution in [0.5, 0.6) is 0 Å². The van der Waals surface area contributed by atoms with Gasteiger partial charge in [-0.2, -0.15) is 0 Å². The average Bonchev–Trinajstić information content (AvgIpc) is 2.44. The molecule has 1 aromatic carbocycles. The maximum absolute atomic E-state index is 6.27. The number of hydrogen-bond acceptors (Lipinski definition) is 2. The van der Waals surface area contributed by atoms with Crippen molar-refractivity contribution in [3.8, 4) is 12.3 Å². The Morgan fingerprint density at radius 1 is 1.40 bits per heavy atom. The molecule has 0 amide bonds. The van der Waals surface area contributed by atoms with E-state index < -0.39 is 0 Å². The third kappa shape index (κ3) is 4.76. The number of halogens is 1. The Morgan fingerprint density at radius 3 is 2.65 bits per heavy atom. The van der Waals surface area contributed by atoms with Crippen LogP contribution in [0.4, 0.5) is 0 Å². The molecule has 108 valence electrons. The Bertz CT molecular complexity index is 491. The van der Waals surface area contributed by atoms with Crippen LogP contribution in [0, 0.1) is 12.3 Å². The zero-order valence-corrected chi connectivity index (χ0v) is 12.9. The third-order valence-corrected chi connectivity index (χ3v) is 3.28. The molecule has 0 aliphatic heterocycles. The molecule has 1 atom stereocenters. The zero-order valence-electron chi connectivity index (χ0n) is 12.2. The number of terminal acetylenes is 1. The smallest absolute Gasteiger partial charge is 0.191 e. The summed E-state index contributed by atoms with van der Waals surface area (Å²) >= 11 is 6.27. The summed E-state index contributed by atoms with van der Waals surface area (Å²) in [5.41, 5.74) is 1.08. The van der Waals surface area contributed by atoms with Crippen molar-refractivity contribution in [1.29, 1.82) is 0 Å². The van der Waals surface area contributed by atoms with E-state index in [2.05, 4.69) is 26.4 Å². The summed E-state index contributed by atoms with van der Waals surface area (Å²) in [6.45, 7) is 1.12. The van der Waals surface area contributed by atoms with Crippen LogP contribution >= 0.6 is 11.6 Å². The van der Waals surface area contributed by atoms with Gasteiger partial charge in [-0.25, -0.2) is 0 Å². The summed E-state index contributed by atoms with van der Waals surface area (Å²) in [6.07, 6.45) is 5.23. The highest BCUT2D eigenvalue weighted by Crippen LogP contribution is 2.25. The standard InChI is InChI=1S/C15H21ClN4/c1-5-10-18-15(17-2)19-11-14(20(3)4)12-8-6-7-9-13(12)16/h1,6-9,14H,10-11H2,2-4H3,(H2,17,18,19). The average molecular weight is 293 g/mol. The van der Waals surface area contributed by atoms with Gasteiger partial charge < -0.3 is 15.5 Å². The Hall–Kier alpha value is -1.70. The molecule has 0 aliphatic carbocycles. The van der Waals surface area contributed by atoms with Crippen molar-refractivity contribution < 1.29 is 0 Å². The van der Waals surface area contributed by atoms with E-state index in [0.717, 1.165) is 10.6 Å². The van der Waals surface area contributed by atoms with Gasteiger partial charge in [-0.05, 0) is 25.7 Å². The Balaban J connectivity index is 2.75. The summed E-state index contributed by atoms with van der Waals surface area (Å²) in [6, 6.07) is 8.00. The molecule has 1 aromatic rings. The fourth-order valence-electron chi connectivity index (χ4n) is 1.86. The van der Waals surface area contributed by atoms with Crippen LogP contribution in [0.1, 0.15) is 11.6 Å². The second kappa shape index (κ2) is 8.47. The topological polar surface area (TPSA) is 39.7 Å². The van der Waals surface area contributed by atoms with E-state index >= 15 is 0 Å². The normalized spacial score (nSPS) is 12.9. The maximum atomic E-state index is 6.27. The van der Waals surface area contributed by atoms with E-state index in [4.69, 9.17) is 18.0 Å². The first-order valence-corrected chi connectivity index (χ1v) is 6.76. The predicted octanol–water partition coefficient (Wildman–Crippen LogP) is 1.74. The second-order valence-corrected chi connectivity index (χ2v) is 4.92. The molecule has 1 unspecified atom stereocenters. The molecule has 1 rings (SSSR count). The van der Waals surface area contributed by atoms with Crippen molar-refractivity contribution in [1.82, 2.24) is 15.5 Å². The first-order chi connectivity index (χ1) is 9.60. The van der Waals surface area contributed by atoms with Gasteiger partial charge in [0.15, 0.2) is 5.96 Å². The van der Waals surface area contributed by atoms with E-state index in [1.54, 1.807) is 7.05 Å². The second-order valence-electron chi connectivity index (χ2n) is 4.51. The first kappa shape index (κ1) is 16.4. The lowest BCUT2D eigenvalue weighted by Gasteiger charge is -2.26. The fraction of sp³-hybridized carbons (Fsp3) is 0.400. The van der Waals surface area contributed by atoms with Crippen LogP contribution in [-0.4, -0.2) is 45.1 Å². The number of nitrogens with one attached hydrogen (secondary N) is 2. The quantitative estimate of drug-likeness (QED) is 0.493. The number of guanidine groups is 1. The molecule has 2 N–H and O–H groups in total. The van der Waals surface area contributed by atoms with Gasteiger partial charge >= 0.3 is 0 Å². The Labute approximate surface area is 126 Å². The van der Waals surface area contributed by atoms with E-state index in [-0.39, 0.29) is 6.04 Å². The molecular formula is C15H21ClN4. The molecule has 0 bridgehead atoms. The lowest BCUT2D eigenvalue weighted by molar-refractivity contribution is 0.298. The molecule has 0 saturated heterocycles. The minimum absolute atomic E-state index is 0.146. The van der Waals surface area contributed by atoms with Crippen LogP contribution in [0.25, 0.3) is 0 Å². The van der Waals surface area contributed by atoms with Gasteiger partial charge in [-0.1, -0.05) is 35.7 Å². The molecular weight excluding hydrogens is 272 g/mol. The van der Waals surface area contributed by atoms with Crippen LogP contribution in [0.2, 0.25) is 5.02 Å². The van der Waals surface area contributed by atoms with Gasteiger partial charge in [0, 0.05) is 18.6 Å². The minimum Gasteiger partial charge on any atom is -0.354 e. The molecule has 0 heterocycles. The number of hydrogen-bond donors (Lipinski definition) is 2. The highest BCUT2D eigenvalue weighted by atomic mass is 35.5. The lowest BCUT2D eigenvalue weighted by atomic mass is 10.1. The number of rotatable bonds is 5. The van der Waals surface area contributed by atoms with Crippen molar-refractivity contribution in [3.05, 3.63) is 34.9 Å². The molecule has 0 radical (unpaired) electrons. The number of aliphatic imine (C=N–C) groups is 1. The zero-order chi connectivity index (χ0) is 15.0. The van der Waals surface area contributed by atoms with E-state index in [1.807, 2.05) is 38.4 Å². The molecule has 20 heavy (non-hydrogen) atoms. The van der Waals surface area contributed by atoms with Crippen molar-refractivity contribution in [2.45, 2.75) is 6.04 Å². The van der Waals surface area contributed by atoms with Gasteiger partial charge in [0.05, 0.1) is 12.6 Å². The SMILES string of the molecule is C#CCNC(=NC)NCC(c1ccccc1Cl)N(C)C. The lowest BCUT2D eigenvalue weighted by Crippen LogP contribution is -2.41. The van der Waals surface area contributed by atoms with Gasteiger partial charge in [0.25, 0.3) is 0 Å². The summed E-state index contributed by atoms with van der Waals surface area (Å²) < 4.78 is 0. The predicted molar refractivity (Wildman–Crippen MR) is 86.1 cm³/mol. The molecule has 0 aliphatic rings. The van der Waals surface area contributed by atoms with Crippen molar-refractivity contribution in [2.24, 2.45) is 4.99 Å². The molecule has 0 fully saturated rings. The molecule has 4 nitrogen and oxygen atoms in total. The van der Waals surface area contributed by atoms with E-state index in [9.17, 15) is 0 Å². The highest BCUT2D eigenvalue weighted by molar-refractivity contribution is 6.31. The van der Waals surface area contributed by atoms with Gasteiger partial charge in [0.2, 0.25) is 0 Å². The Morgan fingerprint density at radius 2 is 2.10 bits per heavy atom. The highest BCUT2D eigenvalue weighted by Gasteiger charge is 2.17. The number of nitrogens with zero attached hydrogens (tertiary/aromatic N) is 2. The largest absolute Gasteiger partial charge is 0.354 e. The maximum Gasteiger partial charge on any atom is 0.191 e. The molecule has 0 aromatic heterocycles. The Kier molecular flexibility index (Phi) is 6.92. The van der Waals surface area contributed by atoms with E-state index in [0.29, 0.717) is 19.0 Å². The monoisotopic (exact) mass is 292 g/mol. The summed E-state index contributed by atoms with van der Waals surface area (Å²) in [4.78, 5) is 6.23. The summed E-state index contributed by atoms with van der Waals surface area (Å²) in [5, 5.41) is 7.05. The van der Waals surface area contributed by atoms with Gasteiger partial charge in [-0.15, -0.1) is 6.42 Å². The summed E-state index contributed by atoms with van der Waals surface area (Å²) in [7, 11) is 5.76. The van der Waals surface area contributed by atoms with Crippen LogP contribution in [0.3, 0.4) is 0 Å². The van der Waals surface area contributed by atoms with Crippen LogP contribution in [-0.2, 0) is 0 Å². The minimum atomic E-state index is 0.146. The van der Waals surface area contributed by atoms with E-state index in [1.165, 1.54) is 0 Å². The molecule has 5 heteroatoms. The van der Waals surface area contributed by atoms with Crippen molar-refractivity contribution in [2.75, 3.05) is 34.2 Å². The molecule has 0 spiro atoms. The fourth-order valence-corrected chi connectivity index (χ4v) is 2.13. The van der Waals surface area contributed by atoms with Crippen LogP contribution in [0.15, 0.2) is 29.3 Å². The third-order valence-electron chi connectivity index (χ3n) is 2.93. The van der Waals surface area contributed by atoms with Gasteiger partial charge in [-0.3, -0.25) is 4.99 Å². The molecule has 0 saturated carbocycles. The van der Waals surface area contributed by atoms with Crippen molar-refractivity contribution in [3.63, 3.8) is 0 Å². The van der Waals surface area contributed by atoms with Crippen molar-refractivity contribution >= 4 is 17.6 Å². The number of benzene rings is 1. The van der Waals surface area contributed by atoms with Crippen LogP contribution < -0.4 is 10.6 Å². The number of likely N-dealkylation sites (N-methyl/N-ethyl adjacent to an activating group) is 1. The summed E-state index contributed by atoms with van der Waals surface area (Å²) in [5.74, 6) is 3.20. The van der Waals surface area contributed by atoms with Gasteiger partial charge in [0.1, 0.15) is 0 Å². The first-order valence-electron chi connectivity index (χ1n) is 6.39.